The molecule has 1 aromatic carbocycles. The summed E-state index contributed by atoms with van der Waals surface area (Å²) in [6.07, 6.45) is 0.255. The first kappa shape index (κ1) is 14.8. The molecule has 118 valence electrons. The molecule has 1 N–H and O–H groups in total. The quantitative estimate of drug-likeness (QED) is 0.879. The van der Waals surface area contributed by atoms with Crippen molar-refractivity contribution in [2.24, 2.45) is 11.8 Å². The number of ether oxygens (including phenoxy) is 1. The lowest BCUT2D eigenvalue weighted by molar-refractivity contribution is -0.142. The Hall–Kier alpha value is -2.08. The molecule has 0 aliphatic carbocycles. The molecule has 0 aromatic heterocycles. The highest BCUT2D eigenvalue weighted by atomic mass is 16.5. The lowest BCUT2D eigenvalue weighted by atomic mass is 9.97. The maximum Gasteiger partial charge on any atom is 0.228 e. The van der Waals surface area contributed by atoms with Gasteiger partial charge in [-0.1, -0.05) is 0 Å². The number of carbonyl (C=O) groups excluding carboxylic acids is 2. The highest BCUT2D eigenvalue weighted by Crippen LogP contribution is 2.29. The number of amides is 2. The minimum atomic E-state index is -0.283. The Balaban J connectivity index is 1.64. The van der Waals surface area contributed by atoms with Crippen LogP contribution in [0.1, 0.15) is 6.42 Å². The predicted octanol–water partition coefficient (Wildman–Crippen LogP) is 0.499. The summed E-state index contributed by atoms with van der Waals surface area (Å²) in [6, 6.07) is 7.27. The number of hydrogen-bond donors (Lipinski definition) is 1. The van der Waals surface area contributed by atoms with Gasteiger partial charge in [0.05, 0.1) is 13.0 Å². The number of likely N-dealkylation sites (tertiary alicyclic amines) is 1. The summed E-state index contributed by atoms with van der Waals surface area (Å²) in [5, 5.41) is 9.02. The third-order valence-corrected chi connectivity index (χ3v) is 4.39. The van der Waals surface area contributed by atoms with Crippen LogP contribution in [0.15, 0.2) is 24.3 Å². The standard InChI is InChI=1S/C16H20N2O4/c1-22-14-4-2-13(3-5-14)18-9-12(6-15(18)20)16(21)17-7-11(8-17)10-19/h2-5,11-12,19H,6-10H2,1H3. The fraction of sp³-hybridized carbons (Fsp3) is 0.500. The van der Waals surface area contributed by atoms with Gasteiger partial charge in [0.15, 0.2) is 0 Å². The number of benzene rings is 1. The average Bonchev–Trinajstić information content (AvgIpc) is 2.88. The second-order valence-electron chi connectivity index (χ2n) is 5.90. The molecular formula is C16H20N2O4. The third-order valence-electron chi connectivity index (χ3n) is 4.39. The first-order chi connectivity index (χ1) is 10.6. The van der Waals surface area contributed by atoms with Crippen molar-refractivity contribution in [3.05, 3.63) is 24.3 Å². The molecular weight excluding hydrogens is 284 g/mol. The number of nitrogens with zero attached hydrogens (tertiary/aromatic N) is 2. The van der Waals surface area contributed by atoms with E-state index < -0.39 is 0 Å². The summed E-state index contributed by atoms with van der Waals surface area (Å²) in [4.78, 5) is 27.9. The highest BCUT2D eigenvalue weighted by molar-refractivity contribution is 6.00. The number of aliphatic hydroxyl groups is 1. The van der Waals surface area contributed by atoms with E-state index in [0.717, 1.165) is 11.4 Å². The minimum Gasteiger partial charge on any atom is -0.497 e. The molecule has 3 rings (SSSR count). The van der Waals surface area contributed by atoms with Crippen LogP contribution in [0.2, 0.25) is 0 Å². The van der Waals surface area contributed by atoms with Crippen LogP contribution >= 0.6 is 0 Å². The molecule has 0 saturated carbocycles. The Morgan fingerprint density at radius 1 is 1.27 bits per heavy atom. The van der Waals surface area contributed by atoms with Crippen LogP contribution in [-0.4, -0.2) is 55.2 Å². The molecule has 2 aliphatic heterocycles. The molecule has 1 aromatic rings. The van der Waals surface area contributed by atoms with Crippen molar-refractivity contribution in [1.29, 1.82) is 0 Å². The zero-order valence-corrected chi connectivity index (χ0v) is 12.6. The summed E-state index contributed by atoms with van der Waals surface area (Å²) in [5.74, 6) is 0.642. The molecule has 0 spiro atoms. The molecule has 6 nitrogen and oxygen atoms in total. The van der Waals surface area contributed by atoms with Crippen molar-refractivity contribution >= 4 is 17.5 Å². The molecule has 1 unspecified atom stereocenters. The zero-order chi connectivity index (χ0) is 15.7. The van der Waals surface area contributed by atoms with Gasteiger partial charge in [-0.25, -0.2) is 0 Å². The van der Waals surface area contributed by atoms with Crippen molar-refractivity contribution in [2.45, 2.75) is 6.42 Å². The van der Waals surface area contributed by atoms with Gasteiger partial charge in [0.1, 0.15) is 5.75 Å². The van der Waals surface area contributed by atoms with Gasteiger partial charge in [-0.3, -0.25) is 9.59 Å². The maximum atomic E-state index is 12.4. The van der Waals surface area contributed by atoms with Gasteiger partial charge in [-0.15, -0.1) is 0 Å². The molecule has 22 heavy (non-hydrogen) atoms. The fourth-order valence-electron chi connectivity index (χ4n) is 3.01. The second kappa shape index (κ2) is 5.96. The van der Waals surface area contributed by atoms with E-state index >= 15 is 0 Å². The molecule has 2 amide bonds. The molecule has 0 radical (unpaired) electrons. The number of aliphatic hydroxyl groups excluding tert-OH is 1. The molecule has 1 atom stereocenters. The van der Waals surface area contributed by atoms with E-state index in [4.69, 9.17) is 9.84 Å². The zero-order valence-electron chi connectivity index (χ0n) is 12.6. The van der Waals surface area contributed by atoms with Crippen LogP contribution in [-0.2, 0) is 9.59 Å². The molecule has 2 heterocycles. The van der Waals surface area contributed by atoms with E-state index in [9.17, 15) is 9.59 Å². The van der Waals surface area contributed by atoms with Gasteiger partial charge >= 0.3 is 0 Å². The molecule has 2 fully saturated rings. The van der Waals surface area contributed by atoms with Gasteiger partial charge in [-0.05, 0) is 24.3 Å². The molecule has 2 saturated heterocycles. The third kappa shape index (κ3) is 2.66. The highest BCUT2D eigenvalue weighted by Gasteiger charge is 2.40. The van der Waals surface area contributed by atoms with Crippen LogP contribution < -0.4 is 9.64 Å². The van der Waals surface area contributed by atoms with Gasteiger partial charge in [0, 0.05) is 44.3 Å². The Labute approximate surface area is 129 Å². The average molecular weight is 304 g/mol. The Morgan fingerprint density at radius 2 is 1.95 bits per heavy atom. The van der Waals surface area contributed by atoms with E-state index in [1.54, 1.807) is 29.0 Å². The molecule has 0 bridgehead atoms. The number of methoxy groups -OCH3 is 1. The number of rotatable bonds is 4. The summed E-state index contributed by atoms with van der Waals surface area (Å²) in [5.41, 5.74) is 0.790. The first-order valence-corrected chi connectivity index (χ1v) is 7.46. The Morgan fingerprint density at radius 3 is 2.55 bits per heavy atom. The Kier molecular flexibility index (Phi) is 4.02. The monoisotopic (exact) mass is 304 g/mol. The van der Waals surface area contributed by atoms with Gasteiger partial charge < -0.3 is 19.6 Å². The fourth-order valence-corrected chi connectivity index (χ4v) is 3.01. The first-order valence-electron chi connectivity index (χ1n) is 7.46. The summed E-state index contributed by atoms with van der Waals surface area (Å²) in [6.45, 7) is 1.74. The van der Waals surface area contributed by atoms with Crippen molar-refractivity contribution in [3.63, 3.8) is 0 Å². The minimum absolute atomic E-state index is 0.0223. The van der Waals surface area contributed by atoms with Gasteiger partial charge in [-0.2, -0.15) is 0 Å². The summed E-state index contributed by atoms with van der Waals surface area (Å²) >= 11 is 0. The largest absolute Gasteiger partial charge is 0.497 e. The maximum absolute atomic E-state index is 12.4. The molecule has 2 aliphatic rings. The number of hydrogen-bond acceptors (Lipinski definition) is 4. The lowest BCUT2D eigenvalue weighted by Crippen LogP contribution is -2.53. The van der Waals surface area contributed by atoms with Crippen molar-refractivity contribution in [3.8, 4) is 5.75 Å². The van der Waals surface area contributed by atoms with Crippen LogP contribution in [0.4, 0.5) is 5.69 Å². The van der Waals surface area contributed by atoms with Crippen LogP contribution in [0, 0.1) is 11.8 Å². The van der Waals surface area contributed by atoms with Crippen LogP contribution in [0.3, 0.4) is 0 Å². The second-order valence-corrected chi connectivity index (χ2v) is 5.90. The number of anilines is 1. The SMILES string of the molecule is COc1ccc(N2CC(C(=O)N3CC(CO)C3)CC2=O)cc1. The smallest absolute Gasteiger partial charge is 0.228 e. The van der Waals surface area contributed by atoms with Gasteiger partial charge in [0.2, 0.25) is 11.8 Å². The molecule has 6 heteroatoms. The van der Waals surface area contributed by atoms with Crippen LogP contribution in [0.25, 0.3) is 0 Å². The van der Waals surface area contributed by atoms with E-state index in [1.165, 1.54) is 0 Å². The van der Waals surface area contributed by atoms with Crippen molar-refractivity contribution in [1.82, 2.24) is 4.90 Å². The Bertz CT molecular complexity index is 566. The predicted molar refractivity (Wildman–Crippen MR) is 80.6 cm³/mol. The van der Waals surface area contributed by atoms with E-state index in [0.29, 0.717) is 19.6 Å². The van der Waals surface area contributed by atoms with E-state index in [-0.39, 0.29) is 36.7 Å². The van der Waals surface area contributed by atoms with Gasteiger partial charge in [0.25, 0.3) is 0 Å². The topological polar surface area (TPSA) is 70.1 Å². The number of carbonyl (C=O) groups is 2. The normalized spacial score (nSPS) is 21.9. The van der Waals surface area contributed by atoms with Crippen LogP contribution in [0.5, 0.6) is 5.75 Å². The summed E-state index contributed by atoms with van der Waals surface area (Å²) in [7, 11) is 1.59. The van der Waals surface area contributed by atoms with E-state index in [1.807, 2.05) is 12.1 Å². The lowest BCUT2D eigenvalue weighted by Gasteiger charge is -2.39. The van der Waals surface area contributed by atoms with E-state index in [2.05, 4.69) is 0 Å². The van der Waals surface area contributed by atoms with Crippen molar-refractivity contribution in [2.75, 3.05) is 38.3 Å². The van der Waals surface area contributed by atoms with Crippen molar-refractivity contribution < 1.29 is 19.4 Å². The summed E-state index contributed by atoms with van der Waals surface area (Å²) < 4.78 is 5.11.